The summed E-state index contributed by atoms with van der Waals surface area (Å²) in [6.07, 6.45) is 4.29. The van der Waals surface area contributed by atoms with Crippen molar-refractivity contribution in [1.29, 1.82) is 0 Å². The number of carbonyl (C=O) groups is 1. The molecule has 0 aromatic carbocycles. The molecule has 0 saturated carbocycles. The first-order valence-corrected chi connectivity index (χ1v) is 9.03. The smallest absolute Gasteiger partial charge is 0.227 e. The average Bonchev–Trinajstić information content (AvgIpc) is 2.77. The van der Waals surface area contributed by atoms with Crippen molar-refractivity contribution >= 4 is 11.7 Å². The molecule has 0 aliphatic carbocycles. The molecule has 1 atom stereocenters. The predicted octanol–water partition coefficient (Wildman–Crippen LogP) is 1.68. The molecule has 1 amide bonds. The summed E-state index contributed by atoms with van der Waals surface area (Å²) >= 11 is 0. The van der Waals surface area contributed by atoms with Gasteiger partial charge in [-0.25, -0.2) is 4.98 Å². The molecular weight excluding hydrogens is 326 g/mol. The van der Waals surface area contributed by atoms with E-state index in [2.05, 4.69) is 20.9 Å². The van der Waals surface area contributed by atoms with Gasteiger partial charge >= 0.3 is 0 Å². The number of likely N-dealkylation sites (N-methyl/N-ethyl adjacent to an activating group) is 1. The van der Waals surface area contributed by atoms with Crippen LogP contribution in [0.5, 0.6) is 0 Å². The predicted molar refractivity (Wildman–Crippen MR) is 103 cm³/mol. The molecule has 1 fully saturated rings. The summed E-state index contributed by atoms with van der Waals surface area (Å²) in [5.41, 5.74) is 2.16. The van der Waals surface area contributed by atoms with Crippen LogP contribution < -0.4 is 4.90 Å². The maximum Gasteiger partial charge on any atom is 0.227 e. The lowest BCUT2D eigenvalue weighted by atomic mass is 10.0. The van der Waals surface area contributed by atoms with Crippen LogP contribution in [0.4, 0.5) is 5.82 Å². The highest BCUT2D eigenvalue weighted by molar-refractivity contribution is 5.79. The van der Waals surface area contributed by atoms with E-state index in [0.717, 1.165) is 37.7 Å². The fourth-order valence-electron chi connectivity index (χ4n) is 3.46. The van der Waals surface area contributed by atoms with E-state index in [-0.39, 0.29) is 11.8 Å². The lowest BCUT2D eigenvalue weighted by molar-refractivity contribution is -0.133. The molecule has 0 bridgehead atoms. The zero-order valence-electron chi connectivity index (χ0n) is 15.8. The molecule has 3 rings (SSSR count). The van der Waals surface area contributed by atoms with Crippen LogP contribution in [0.3, 0.4) is 0 Å². The minimum Gasteiger partial charge on any atom is -0.362 e. The van der Waals surface area contributed by atoms with Crippen LogP contribution in [0.2, 0.25) is 0 Å². The fraction of sp³-hybridized carbons (Fsp3) is 0.450. The van der Waals surface area contributed by atoms with Gasteiger partial charge in [0.2, 0.25) is 5.91 Å². The first-order chi connectivity index (χ1) is 12.5. The van der Waals surface area contributed by atoms with Crippen LogP contribution in [0.15, 0.2) is 42.7 Å². The van der Waals surface area contributed by atoms with Gasteiger partial charge < -0.3 is 9.80 Å². The van der Waals surface area contributed by atoms with Gasteiger partial charge in [0, 0.05) is 77.4 Å². The van der Waals surface area contributed by atoms with Crippen LogP contribution in [0.25, 0.3) is 0 Å². The van der Waals surface area contributed by atoms with Gasteiger partial charge in [0.15, 0.2) is 0 Å². The topological polar surface area (TPSA) is 52.6 Å². The number of amides is 1. The molecule has 0 radical (unpaired) electrons. The normalized spacial score (nSPS) is 18.7. The third-order valence-corrected chi connectivity index (χ3v) is 4.82. The van der Waals surface area contributed by atoms with Crippen LogP contribution in [-0.4, -0.2) is 66.5 Å². The molecule has 26 heavy (non-hydrogen) atoms. The monoisotopic (exact) mass is 353 g/mol. The Morgan fingerprint density at radius 1 is 1.12 bits per heavy atom. The van der Waals surface area contributed by atoms with E-state index in [9.17, 15) is 4.79 Å². The molecule has 2 aromatic rings. The molecule has 0 spiro atoms. The van der Waals surface area contributed by atoms with Crippen molar-refractivity contribution in [1.82, 2.24) is 19.8 Å². The highest BCUT2D eigenvalue weighted by Gasteiger charge is 2.29. The molecular formula is C20H27N5O. The molecule has 1 aliphatic heterocycles. The molecule has 6 nitrogen and oxygen atoms in total. The van der Waals surface area contributed by atoms with Crippen LogP contribution in [0.1, 0.15) is 11.3 Å². The molecule has 0 N–H and O–H groups in total. The number of hydrogen-bond donors (Lipinski definition) is 0. The Kier molecular flexibility index (Phi) is 5.83. The summed E-state index contributed by atoms with van der Waals surface area (Å²) in [4.78, 5) is 27.9. The Morgan fingerprint density at radius 2 is 1.92 bits per heavy atom. The maximum atomic E-state index is 12.8. The summed E-state index contributed by atoms with van der Waals surface area (Å²) in [5, 5.41) is 0. The number of rotatable bonds is 5. The van der Waals surface area contributed by atoms with Gasteiger partial charge in [0.05, 0.1) is 5.92 Å². The summed E-state index contributed by atoms with van der Waals surface area (Å²) < 4.78 is 0. The first kappa shape index (κ1) is 18.3. The Balaban J connectivity index is 1.77. The van der Waals surface area contributed by atoms with Crippen molar-refractivity contribution in [3.8, 4) is 0 Å². The minimum atomic E-state index is -0.0723. The molecule has 1 saturated heterocycles. The maximum absolute atomic E-state index is 12.8. The van der Waals surface area contributed by atoms with Gasteiger partial charge in [0.25, 0.3) is 0 Å². The SMILES string of the molecule is CN1CCN(Cc2cccnc2N(C)C)C[C@@H](Cc2ccccn2)C1=O. The largest absolute Gasteiger partial charge is 0.362 e. The van der Waals surface area contributed by atoms with E-state index in [4.69, 9.17) is 0 Å². The van der Waals surface area contributed by atoms with Crippen molar-refractivity contribution in [3.05, 3.63) is 54.0 Å². The Labute approximate surface area is 155 Å². The van der Waals surface area contributed by atoms with Crippen molar-refractivity contribution in [3.63, 3.8) is 0 Å². The fourth-order valence-corrected chi connectivity index (χ4v) is 3.46. The van der Waals surface area contributed by atoms with Crippen molar-refractivity contribution < 1.29 is 4.79 Å². The second-order valence-corrected chi connectivity index (χ2v) is 7.10. The zero-order valence-corrected chi connectivity index (χ0v) is 15.8. The first-order valence-electron chi connectivity index (χ1n) is 9.03. The number of nitrogens with zero attached hydrogens (tertiary/aromatic N) is 5. The number of anilines is 1. The summed E-state index contributed by atoms with van der Waals surface area (Å²) in [5.74, 6) is 1.12. The van der Waals surface area contributed by atoms with E-state index in [1.807, 2.05) is 61.4 Å². The Hall–Kier alpha value is -2.47. The van der Waals surface area contributed by atoms with Crippen LogP contribution >= 0.6 is 0 Å². The van der Waals surface area contributed by atoms with Crippen molar-refractivity contribution in [2.75, 3.05) is 45.7 Å². The van der Waals surface area contributed by atoms with Gasteiger partial charge in [0.1, 0.15) is 5.82 Å². The van der Waals surface area contributed by atoms with Gasteiger partial charge in [-0.2, -0.15) is 0 Å². The second kappa shape index (κ2) is 8.27. The highest BCUT2D eigenvalue weighted by atomic mass is 16.2. The molecule has 0 unspecified atom stereocenters. The van der Waals surface area contributed by atoms with Gasteiger partial charge in [-0.05, 0) is 18.2 Å². The van der Waals surface area contributed by atoms with Gasteiger partial charge in [-0.1, -0.05) is 12.1 Å². The van der Waals surface area contributed by atoms with E-state index in [1.54, 1.807) is 6.20 Å². The van der Waals surface area contributed by atoms with Gasteiger partial charge in [-0.15, -0.1) is 0 Å². The Morgan fingerprint density at radius 3 is 2.65 bits per heavy atom. The number of aromatic nitrogens is 2. The van der Waals surface area contributed by atoms with E-state index >= 15 is 0 Å². The zero-order chi connectivity index (χ0) is 18.5. The molecule has 1 aliphatic rings. The van der Waals surface area contributed by atoms with E-state index in [1.165, 1.54) is 5.56 Å². The minimum absolute atomic E-state index is 0.0723. The lowest BCUT2D eigenvalue weighted by Crippen LogP contribution is -2.35. The highest BCUT2D eigenvalue weighted by Crippen LogP contribution is 2.20. The summed E-state index contributed by atoms with van der Waals surface area (Å²) in [6.45, 7) is 3.14. The van der Waals surface area contributed by atoms with Gasteiger partial charge in [-0.3, -0.25) is 14.7 Å². The van der Waals surface area contributed by atoms with E-state index < -0.39 is 0 Å². The average molecular weight is 353 g/mol. The van der Waals surface area contributed by atoms with Crippen LogP contribution in [-0.2, 0) is 17.8 Å². The molecule has 6 heteroatoms. The molecule has 3 heterocycles. The number of hydrogen-bond acceptors (Lipinski definition) is 5. The summed E-state index contributed by atoms with van der Waals surface area (Å²) in [6, 6.07) is 9.97. The van der Waals surface area contributed by atoms with Crippen molar-refractivity contribution in [2.45, 2.75) is 13.0 Å². The molecule has 2 aromatic heterocycles. The lowest BCUT2D eigenvalue weighted by Gasteiger charge is -2.25. The number of carbonyl (C=O) groups excluding carboxylic acids is 1. The van der Waals surface area contributed by atoms with E-state index in [0.29, 0.717) is 6.42 Å². The summed E-state index contributed by atoms with van der Waals surface area (Å²) in [7, 11) is 5.91. The quantitative estimate of drug-likeness (QED) is 0.819. The second-order valence-electron chi connectivity index (χ2n) is 7.10. The third kappa shape index (κ3) is 4.38. The number of pyridine rings is 2. The van der Waals surface area contributed by atoms with Crippen LogP contribution in [0, 0.1) is 5.92 Å². The Bertz CT molecular complexity index is 734. The van der Waals surface area contributed by atoms with Crippen molar-refractivity contribution in [2.24, 2.45) is 5.92 Å². The molecule has 138 valence electrons. The standard InChI is InChI=1S/C20H27N5O/c1-23(2)19-16(7-6-10-22-19)14-25-12-11-24(3)20(26)17(15-25)13-18-8-4-5-9-21-18/h4-10,17H,11-15H2,1-3H3/t17-/m1/s1. The third-order valence-electron chi connectivity index (χ3n) is 4.82.